The molecule has 0 saturated heterocycles. The van der Waals surface area contributed by atoms with Crippen molar-refractivity contribution in [3.63, 3.8) is 0 Å². The highest BCUT2D eigenvalue weighted by atomic mass is 19.4. The predicted molar refractivity (Wildman–Crippen MR) is 93.8 cm³/mol. The van der Waals surface area contributed by atoms with E-state index in [0.29, 0.717) is 16.4 Å². The van der Waals surface area contributed by atoms with Gasteiger partial charge in [-0.2, -0.15) is 23.4 Å². The molecule has 2 amide bonds. The van der Waals surface area contributed by atoms with Crippen LogP contribution in [0.25, 0.3) is 0 Å². The number of aryl methyl sites for hydroxylation is 2. The van der Waals surface area contributed by atoms with E-state index in [1.807, 2.05) is 0 Å². The van der Waals surface area contributed by atoms with E-state index in [4.69, 9.17) is 0 Å². The molecule has 2 N–H and O–H groups in total. The van der Waals surface area contributed by atoms with Crippen molar-refractivity contribution in [2.45, 2.75) is 6.18 Å². The summed E-state index contributed by atoms with van der Waals surface area (Å²) in [5.74, 6) is -1.25. The van der Waals surface area contributed by atoms with Crippen LogP contribution in [0.2, 0.25) is 0 Å². The lowest BCUT2D eigenvalue weighted by molar-refractivity contribution is -0.143. The first-order valence-electron chi connectivity index (χ1n) is 7.97. The van der Waals surface area contributed by atoms with Gasteiger partial charge in [-0.3, -0.25) is 19.0 Å². The number of benzene rings is 1. The van der Waals surface area contributed by atoms with Crippen molar-refractivity contribution in [1.29, 1.82) is 0 Å². The fourth-order valence-corrected chi connectivity index (χ4v) is 2.44. The van der Waals surface area contributed by atoms with E-state index >= 15 is 0 Å². The summed E-state index contributed by atoms with van der Waals surface area (Å²) in [6.45, 7) is 0. The van der Waals surface area contributed by atoms with Crippen LogP contribution >= 0.6 is 0 Å². The Morgan fingerprint density at radius 3 is 2.04 bits per heavy atom. The maximum atomic E-state index is 12.8. The van der Waals surface area contributed by atoms with Crippen LogP contribution < -0.4 is 10.6 Å². The van der Waals surface area contributed by atoms with E-state index in [-0.39, 0.29) is 17.1 Å². The second kappa shape index (κ2) is 7.18. The average Bonchev–Trinajstić information content (AvgIpc) is 3.21. The number of nitrogens with one attached hydrogen (secondary N) is 2. The fourth-order valence-electron chi connectivity index (χ4n) is 2.44. The Bertz CT molecular complexity index is 1040. The van der Waals surface area contributed by atoms with Gasteiger partial charge in [-0.25, -0.2) is 0 Å². The van der Waals surface area contributed by atoms with Gasteiger partial charge in [0.25, 0.3) is 11.8 Å². The summed E-state index contributed by atoms with van der Waals surface area (Å²) >= 11 is 0. The molecule has 0 atom stereocenters. The smallest absolute Gasteiger partial charge is 0.321 e. The van der Waals surface area contributed by atoms with Crippen molar-refractivity contribution < 1.29 is 22.8 Å². The molecule has 146 valence electrons. The standard InChI is InChI=1S/C17H15F3N6O2/c1-25-7-6-12(23-25)15(27)21-10-4-3-5-11(8-10)22-16(28)13-9-14(17(18,19)20)26(2)24-13/h3-9H,1-2H3,(H,21,27)(H,22,28). The Morgan fingerprint density at radius 1 is 0.929 bits per heavy atom. The third kappa shape index (κ3) is 4.19. The molecule has 0 bridgehead atoms. The molecule has 1 aromatic carbocycles. The lowest BCUT2D eigenvalue weighted by Gasteiger charge is -2.07. The number of alkyl halides is 3. The highest BCUT2D eigenvalue weighted by Gasteiger charge is 2.35. The first-order chi connectivity index (χ1) is 13.1. The number of carbonyl (C=O) groups is 2. The fraction of sp³-hybridized carbons (Fsp3) is 0.176. The number of hydrogen-bond acceptors (Lipinski definition) is 4. The Labute approximate surface area is 157 Å². The first kappa shape index (κ1) is 19.1. The van der Waals surface area contributed by atoms with Crippen molar-refractivity contribution in [1.82, 2.24) is 19.6 Å². The topological polar surface area (TPSA) is 93.8 Å². The number of amides is 2. The van der Waals surface area contributed by atoms with Crippen LogP contribution in [0, 0.1) is 0 Å². The quantitative estimate of drug-likeness (QED) is 0.714. The third-order valence-corrected chi connectivity index (χ3v) is 3.73. The molecular weight excluding hydrogens is 377 g/mol. The number of nitrogens with zero attached hydrogens (tertiary/aromatic N) is 4. The summed E-state index contributed by atoms with van der Waals surface area (Å²) in [6.07, 6.45) is -3.00. The van der Waals surface area contributed by atoms with Gasteiger partial charge in [-0.15, -0.1) is 0 Å². The molecule has 2 aromatic heterocycles. The van der Waals surface area contributed by atoms with Gasteiger partial charge < -0.3 is 10.6 Å². The van der Waals surface area contributed by atoms with Crippen molar-refractivity contribution in [2.24, 2.45) is 14.1 Å². The van der Waals surface area contributed by atoms with Crippen molar-refractivity contribution >= 4 is 23.2 Å². The summed E-state index contributed by atoms with van der Waals surface area (Å²) in [6, 6.07) is 8.37. The van der Waals surface area contributed by atoms with Gasteiger partial charge in [0.2, 0.25) is 0 Å². The zero-order valence-electron chi connectivity index (χ0n) is 14.8. The number of halogens is 3. The molecule has 0 aliphatic rings. The maximum absolute atomic E-state index is 12.8. The number of hydrogen-bond donors (Lipinski definition) is 2. The van der Waals surface area contributed by atoms with E-state index in [0.717, 1.165) is 7.05 Å². The van der Waals surface area contributed by atoms with E-state index in [1.54, 1.807) is 31.4 Å². The summed E-state index contributed by atoms with van der Waals surface area (Å²) < 4.78 is 40.6. The molecule has 0 aliphatic heterocycles. The largest absolute Gasteiger partial charge is 0.433 e. The van der Waals surface area contributed by atoms with Crippen molar-refractivity contribution in [2.75, 3.05) is 10.6 Å². The summed E-state index contributed by atoms with van der Waals surface area (Å²) in [7, 11) is 2.78. The third-order valence-electron chi connectivity index (χ3n) is 3.73. The lowest BCUT2D eigenvalue weighted by atomic mass is 10.2. The molecular formula is C17H15F3N6O2. The molecule has 0 fully saturated rings. The van der Waals surface area contributed by atoms with E-state index in [2.05, 4.69) is 20.8 Å². The van der Waals surface area contributed by atoms with Crippen LogP contribution in [0.3, 0.4) is 0 Å². The maximum Gasteiger partial charge on any atom is 0.433 e. The van der Waals surface area contributed by atoms with Gasteiger partial charge in [-0.1, -0.05) is 6.07 Å². The molecule has 0 radical (unpaired) electrons. The molecule has 0 unspecified atom stereocenters. The molecule has 0 aliphatic carbocycles. The van der Waals surface area contributed by atoms with Gasteiger partial charge in [-0.05, 0) is 24.3 Å². The van der Waals surface area contributed by atoms with Crippen LogP contribution in [-0.2, 0) is 20.3 Å². The zero-order chi connectivity index (χ0) is 20.5. The summed E-state index contributed by atoms with van der Waals surface area (Å²) in [4.78, 5) is 24.3. The van der Waals surface area contributed by atoms with Crippen LogP contribution in [0.4, 0.5) is 24.5 Å². The SMILES string of the molecule is Cn1ccc(C(=O)Nc2cccc(NC(=O)c3cc(C(F)(F)F)n(C)n3)c2)n1. The summed E-state index contributed by atoms with van der Waals surface area (Å²) in [5.41, 5.74) is -0.537. The minimum absolute atomic E-state index is 0.213. The van der Waals surface area contributed by atoms with Gasteiger partial charge in [0.1, 0.15) is 5.69 Å². The van der Waals surface area contributed by atoms with E-state index in [9.17, 15) is 22.8 Å². The molecule has 0 spiro atoms. The molecule has 2 heterocycles. The lowest BCUT2D eigenvalue weighted by Crippen LogP contribution is -2.15. The van der Waals surface area contributed by atoms with Crippen LogP contribution in [0.15, 0.2) is 42.6 Å². The Kier molecular flexibility index (Phi) is 4.91. The van der Waals surface area contributed by atoms with Gasteiger partial charge in [0, 0.05) is 37.7 Å². The molecule has 8 nitrogen and oxygen atoms in total. The second-order valence-electron chi connectivity index (χ2n) is 5.90. The van der Waals surface area contributed by atoms with E-state index < -0.39 is 23.7 Å². The normalized spacial score (nSPS) is 11.3. The van der Waals surface area contributed by atoms with Crippen LogP contribution in [0.1, 0.15) is 26.7 Å². The molecule has 3 rings (SSSR count). The number of aromatic nitrogens is 4. The molecule has 3 aromatic rings. The minimum Gasteiger partial charge on any atom is -0.321 e. The molecule has 11 heteroatoms. The van der Waals surface area contributed by atoms with Crippen LogP contribution in [-0.4, -0.2) is 31.4 Å². The Morgan fingerprint density at radius 2 is 1.54 bits per heavy atom. The highest BCUT2D eigenvalue weighted by Crippen LogP contribution is 2.29. The first-order valence-corrected chi connectivity index (χ1v) is 7.97. The van der Waals surface area contributed by atoms with Crippen molar-refractivity contribution in [3.8, 4) is 0 Å². The van der Waals surface area contributed by atoms with Gasteiger partial charge in [0.15, 0.2) is 11.4 Å². The van der Waals surface area contributed by atoms with E-state index in [1.165, 1.54) is 16.8 Å². The Balaban J connectivity index is 1.72. The van der Waals surface area contributed by atoms with Gasteiger partial charge >= 0.3 is 6.18 Å². The molecule has 0 saturated carbocycles. The summed E-state index contributed by atoms with van der Waals surface area (Å²) in [5, 5.41) is 12.6. The van der Waals surface area contributed by atoms with Crippen LogP contribution in [0.5, 0.6) is 0 Å². The number of rotatable bonds is 4. The number of anilines is 2. The predicted octanol–water partition coefficient (Wildman–Crippen LogP) is 2.68. The average molecular weight is 392 g/mol. The minimum atomic E-state index is -4.62. The second-order valence-corrected chi connectivity index (χ2v) is 5.90. The Hall–Kier alpha value is -3.63. The molecule has 28 heavy (non-hydrogen) atoms. The van der Waals surface area contributed by atoms with Gasteiger partial charge in [0.05, 0.1) is 0 Å². The number of carbonyl (C=O) groups excluding carboxylic acids is 2. The monoisotopic (exact) mass is 392 g/mol. The highest BCUT2D eigenvalue weighted by molar-refractivity contribution is 6.05. The zero-order valence-corrected chi connectivity index (χ0v) is 14.8. The van der Waals surface area contributed by atoms with Crippen molar-refractivity contribution in [3.05, 3.63) is 59.7 Å².